The number of rotatable bonds is 2. The van der Waals surface area contributed by atoms with Crippen LogP contribution in [0.4, 0.5) is 0 Å². The van der Waals surface area contributed by atoms with Crippen LogP contribution in [0, 0.1) is 5.92 Å². The van der Waals surface area contributed by atoms with Gasteiger partial charge in [-0.25, -0.2) is 13.2 Å². The Morgan fingerprint density at radius 3 is 2.70 bits per heavy atom. The second kappa shape index (κ2) is 4.75. The van der Waals surface area contributed by atoms with Gasteiger partial charge < -0.3 is 4.42 Å². The van der Waals surface area contributed by atoms with Crippen LogP contribution in [0.15, 0.2) is 32.3 Å². The number of sulfonamides is 1. The molecular weight excluding hydrogens is 280 g/mol. The van der Waals surface area contributed by atoms with Gasteiger partial charge in [-0.15, -0.1) is 0 Å². The third-order valence-corrected chi connectivity index (χ3v) is 5.67. The molecule has 3 rings (SSSR count). The van der Waals surface area contributed by atoms with Crippen molar-refractivity contribution in [3.8, 4) is 0 Å². The maximum absolute atomic E-state index is 12.5. The number of piperidine rings is 1. The minimum absolute atomic E-state index is 0.191. The van der Waals surface area contributed by atoms with Crippen LogP contribution in [0.25, 0.3) is 11.1 Å². The molecule has 0 amide bonds. The van der Waals surface area contributed by atoms with Gasteiger partial charge in [0.05, 0.1) is 10.4 Å². The van der Waals surface area contributed by atoms with Crippen LogP contribution in [0.3, 0.4) is 0 Å². The van der Waals surface area contributed by atoms with Gasteiger partial charge in [0.15, 0.2) is 5.58 Å². The highest BCUT2D eigenvalue weighted by Crippen LogP contribution is 2.25. The van der Waals surface area contributed by atoms with E-state index in [9.17, 15) is 13.2 Å². The molecule has 1 aromatic heterocycles. The lowest BCUT2D eigenvalue weighted by atomic mass is 10.0. The predicted molar refractivity (Wildman–Crippen MR) is 74.0 cm³/mol. The van der Waals surface area contributed by atoms with Crippen LogP contribution < -0.4 is 5.76 Å². The fraction of sp³-hybridized carbons (Fsp3) is 0.462. The van der Waals surface area contributed by atoms with Crippen molar-refractivity contribution in [1.29, 1.82) is 0 Å². The van der Waals surface area contributed by atoms with E-state index in [1.807, 2.05) is 0 Å². The summed E-state index contributed by atoms with van der Waals surface area (Å²) >= 11 is 0. The standard InChI is InChI=1S/C13H16N2O4S/c1-9-4-6-15(7-5-9)20(17,18)10-2-3-12-11(8-10)14-13(16)19-12/h2-3,8-9H,4-7H2,1H3,(H,14,16). The summed E-state index contributed by atoms with van der Waals surface area (Å²) in [5.41, 5.74) is 0.766. The number of hydrogen-bond acceptors (Lipinski definition) is 4. The summed E-state index contributed by atoms with van der Waals surface area (Å²) in [7, 11) is -3.50. The minimum atomic E-state index is -3.50. The molecule has 0 atom stereocenters. The van der Waals surface area contributed by atoms with Crippen molar-refractivity contribution < 1.29 is 12.8 Å². The summed E-state index contributed by atoms with van der Waals surface area (Å²) in [6.07, 6.45) is 1.76. The van der Waals surface area contributed by atoms with Crippen LogP contribution in [-0.2, 0) is 10.0 Å². The van der Waals surface area contributed by atoms with Crippen LogP contribution in [0.1, 0.15) is 19.8 Å². The van der Waals surface area contributed by atoms with E-state index in [1.165, 1.54) is 22.5 Å². The molecule has 20 heavy (non-hydrogen) atoms. The highest BCUT2D eigenvalue weighted by atomic mass is 32.2. The molecule has 1 fully saturated rings. The first-order valence-electron chi connectivity index (χ1n) is 6.60. The molecule has 1 aliphatic heterocycles. The van der Waals surface area contributed by atoms with E-state index in [4.69, 9.17) is 4.42 Å². The molecule has 1 aromatic carbocycles. The number of H-pyrrole nitrogens is 1. The number of benzene rings is 1. The molecule has 6 nitrogen and oxygen atoms in total. The van der Waals surface area contributed by atoms with Gasteiger partial charge in [0.1, 0.15) is 0 Å². The molecule has 0 saturated carbocycles. The molecule has 0 aliphatic carbocycles. The topological polar surface area (TPSA) is 83.4 Å². The van der Waals surface area contributed by atoms with E-state index in [0.717, 1.165) is 12.8 Å². The van der Waals surface area contributed by atoms with Gasteiger partial charge in [-0.3, -0.25) is 4.98 Å². The lowest BCUT2D eigenvalue weighted by Crippen LogP contribution is -2.37. The Kier molecular flexibility index (Phi) is 3.18. The van der Waals surface area contributed by atoms with Gasteiger partial charge in [0, 0.05) is 13.1 Å². The first kappa shape index (κ1) is 13.4. The molecule has 2 heterocycles. The largest absolute Gasteiger partial charge is 0.417 e. The normalized spacial score (nSPS) is 18.6. The number of nitrogens with zero attached hydrogens (tertiary/aromatic N) is 1. The average Bonchev–Trinajstić information content (AvgIpc) is 2.78. The highest BCUT2D eigenvalue weighted by Gasteiger charge is 2.28. The molecule has 0 unspecified atom stereocenters. The van der Waals surface area contributed by atoms with E-state index >= 15 is 0 Å². The van der Waals surface area contributed by atoms with Crippen LogP contribution in [-0.4, -0.2) is 30.8 Å². The Labute approximate surface area is 116 Å². The second-order valence-electron chi connectivity index (χ2n) is 5.26. The van der Waals surface area contributed by atoms with Gasteiger partial charge >= 0.3 is 5.76 Å². The Bertz CT molecular complexity index is 782. The molecule has 1 saturated heterocycles. The summed E-state index contributed by atoms with van der Waals surface area (Å²) in [5, 5.41) is 0. The van der Waals surface area contributed by atoms with Gasteiger partial charge in [-0.1, -0.05) is 6.92 Å². The van der Waals surface area contributed by atoms with E-state index in [1.54, 1.807) is 0 Å². The summed E-state index contributed by atoms with van der Waals surface area (Å²) in [6, 6.07) is 4.44. The maximum atomic E-state index is 12.5. The monoisotopic (exact) mass is 296 g/mol. The summed E-state index contributed by atoms with van der Waals surface area (Å²) < 4.78 is 31.5. The number of fused-ring (bicyclic) bond motifs is 1. The quantitative estimate of drug-likeness (QED) is 0.911. The Balaban J connectivity index is 1.98. The van der Waals surface area contributed by atoms with Crippen LogP contribution in [0.2, 0.25) is 0 Å². The Morgan fingerprint density at radius 1 is 1.30 bits per heavy atom. The van der Waals surface area contributed by atoms with Crippen LogP contribution in [0.5, 0.6) is 0 Å². The molecule has 0 spiro atoms. The second-order valence-corrected chi connectivity index (χ2v) is 7.20. The summed E-state index contributed by atoms with van der Waals surface area (Å²) in [5.74, 6) is -0.0181. The molecule has 1 N–H and O–H groups in total. The van der Waals surface area contributed by atoms with Crippen LogP contribution >= 0.6 is 0 Å². The number of aromatic amines is 1. The Hall–Kier alpha value is -1.60. The van der Waals surface area contributed by atoms with Crippen molar-refractivity contribution in [2.24, 2.45) is 5.92 Å². The summed E-state index contributed by atoms with van der Waals surface area (Å²) in [6.45, 7) is 3.22. The van der Waals surface area contributed by atoms with E-state index in [-0.39, 0.29) is 4.90 Å². The zero-order valence-electron chi connectivity index (χ0n) is 11.1. The smallest absolute Gasteiger partial charge is 0.408 e. The third-order valence-electron chi connectivity index (χ3n) is 3.77. The van der Waals surface area contributed by atoms with Crippen molar-refractivity contribution >= 4 is 21.1 Å². The number of aromatic nitrogens is 1. The predicted octanol–water partition coefficient (Wildman–Crippen LogP) is 1.54. The lowest BCUT2D eigenvalue weighted by molar-refractivity contribution is 0.288. The zero-order chi connectivity index (χ0) is 14.3. The van der Waals surface area contributed by atoms with Gasteiger partial charge in [-0.2, -0.15) is 4.31 Å². The Morgan fingerprint density at radius 2 is 2.00 bits per heavy atom. The number of nitrogens with one attached hydrogen (secondary N) is 1. The molecule has 1 aliphatic rings. The lowest BCUT2D eigenvalue weighted by Gasteiger charge is -2.29. The SMILES string of the molecule is CC1CCN(S(=O)(=O)c2ccc3oc(=O)[nH]c3c2)CC1. The van der Waals surface area contributed by atoms with Crippen molar-refractivity contribution in [3.05, 3.63) is 28.7 Å². The molecule has 7 heteroatoms. The fourth-order valence-corrected chi connectivity index (χ4v) is 3.96. The van der Waals surface area contributed by atoms with Crippen molar-refractivity contribution in [2.45, 2.75) is 24.7 Å². The first-order chi connectivity index (χ1) is 9.46. The number of hydrogen-bond donors (Lipinski definition) is 1. The maximum Gasteiger partial charge on any atom is 0.417 e. The average molecular weight is 296 g/mol. The minimum Gasteiger partial charge on any atom is -0.408 e. The third kappa shape index (κ3) is 2.27. The van der Waals surface area contributed by atoms with Crippen molar-refractivity contribution in [1.82, 2.24) is 9.29 Å². The molecule has 0 radical (unpaired) electrons. The van der Waals surface area contributed by atoms with Crippen molar-refractivity contribution in [3.63, 3.8) is 0 Å². The molecular formula is C13H16N2O4S. The first-order valence-corrected chi connectivity index (χ1v) is 8.04. The van der Waals surface area contributed by atoms with Gasteiger partial charge in [0.25, 0.3) is 0 Å². The fourth-order valence-electron chi connectivity index (χ4n) is 2.47. The van der Waals surface area contributed by atoms with E-state index in [0.29, 0.717) is 30.1 Å². The molecule has 0 bridgehead atoms. The summed E-state index contributed by atoms with van der Waals surface area (Å²) in [4.78, 5) is 13.8. The molecule has 108 valence electrons. The molecule has 2 aromatic rings. The van der Waals surface area contributed by atoms with E-state index < -0.39 is 15.8 Å². The van der Waals surface area contributed by atoms with Crippen molar-refractivity contribution in [2.75, 3.05) is 13.1 Å². The van der Waals surface area contributed by atoms with E-state index in [2.05, 4.69) is 11.9 Å². The number of oxazole rings is 1. The van der Waals surface area contributed by atoms with Gasteiger partial charge in [-0.05, 0) is 37.0 Å². The highest BCUT2D eigenvalue weighted by molar-refractivity contribution is 7.89. The zero-order valence-corrected chi connectivity index (χ0v) is 11.9. The van der Waals surface area contributed by atoms with Gasteiger partial charge in [0.2, 0.25) is 10.0 Å².